The van der Waals surface area contributed by atoms with E-state index in [1.807, 2.05) is 36.4 Å². The van der Waals surface area contributed by atoms with Crippen LogP contribution in [0.1, 0.15) is 28.4 Å². The molecule has 2 aromatic carbocycles. The topological polar surface area (TPSA) is 90.0 Å². The molecule has 170 valence electrons. The van der Waals surface area contributed by atoms with E-state index in [1.54, 1.807) is 43.3 Å². The smallest absolute Gasteiger partial charge is 0.340 e. The van der Waals surface area contributed by atoms with Crippen molar-refractivity contribution < 1.29 is 19.0 Å². The second kappa shape index (κ2) is 9.92. The molecule has 2 heterocycles. The van der Waals surface area contributed by atoms with Gasteiger partial charge in [-0.2, -0.15) is 5.26 Å². The molecule has 2 aromatic heterocycles. The second-order valence-electron chi connectivity index (χ2n) is 7.36. The van der Waals surface area contributed by atoms with Crippen molar-refractivity contribution in [2.75, 3.05) is 13.7 Å². The van der Waals surface area contributed by atoms with Crippen LogP contribution in [0.25, 0.3) is 16.6 Å². The quantitative estimate of drug-likeness (QED) is 0.379. The fourth-order valence-corrected chi connectivity index (χ4v) is 3.78. The Morgan fingerprint density at radius 1 is 1.03 bits per heavy atom. The van der Waals surface area contributed by atoms with Gasteiger partial charge in [0.2, 0.25) is 0 Å². The van der Waals surface area contributed by atoms with Crippen molar-refractivity contribution in [3.63, 3.8) is 0 Å². The first-order chi connectivity index (χ1) is 16.6. The molecule has 0 saturated carbocycles. The van der Waals surface area contributed by atoms with Crippen LogP contribution < -0.4 is 15.0 Å². The summed E-state index contributed by atoms with van der Waals surface area (Å²) in [5.41, 5.74) is 1.46. The molecule has 0 N–H and O–H groups in total. The van der Waals surface area contributed by atoms with Gasteiger partial charge in [0.15, 0.2) is 11.5 Å². The van der Waals surface area contributed by atoms with Gasteiger partial charge in [0.05, 0.1) is 24.8 Å². The first-order valence-electron chi connectivity index (χ1n) is 10.7. The van der Waals surface area contributed by atoms with Crippen LogP contribution in [0.15, 0.2) is 77.7 Å². The Hall–Kier alpha value is -4.57. The number of hydrogen-bond donors (Lipinski definition) is 0. The zero-order chi connectivity index (χ0) is 24.1. The highest BCUT2D eigenvalue weighted by atomic mass is 16.5. The fourth-order valence-electron chi connectivity index (χ4n) is 3.78. The molecule has 0 fully saturated rings. The Balaban J connectivity index is 1.89. The maximum absolute atomic E-state index is 13.1. The van der Waals surface area contributed by atoms with Crippen LogP contribution in [0, 0.1) is 11.3 Å². The number of nitriles is 1. The van der Waals surface area contributed by atoms with Gasteiger partial charge in [0.25, 0.3) is 5.56 Å². The van der Waals surface area contributed by atoms with Crippen molar-refractivity contribution in [3.8, 4) is 28.7 Å². The lowest BCUT2D eigenvalue weighted by Crippen LogP contribution is -2.22. The third-order valence-corrected chi connectivity index (χ3v) is 5.33. The zero-order valence-corrected chi connectivity index (χ0v) is 18.8. The van der Waals surface area contributed by atoms with Crippen LogP contribution in [-0.2, 0) is 11.3 Å². The molecule has 4 rings (SSSR count). The lowest BCUT2D eigenvalue weighted by atomic mass is 9.94. The first-order valence-corrected chi connectivity index (χ1v) is 10.7. The number of aromatic nitrogens is 1. The number of carbonyl (C=O) groups is 1. The molecular weight excluding hydrogens is 432 g/mol. The molecule has 0 saturated heterocycles. The lowest BCUT2D eigenvalue weighted by molar-refractivity contribution is 0.0529. The number of benzene rings is 2. The Morgan fingerprint density at radius 2 is 1.79 bits per heavy atom. The zero-order valence-electron chi connectivity index (χ0n) is 18.8. The molecule has 4 aromatic rings. The van der Waals surface area contributed by atoms with Crippen molar-refractivity contribution in [2.45, 2.75) is 13.5 Å². The molecule has 0 aliphatic heterocycles. The summed E-state index contributed by atoms with van der Waals surface area (Å²) in [5, 5.41) is 9.88. The minimum absolute atomic E-state index is 0.138. The predicted octanol–water partition coefficient (Wildman–Crippen LogP) is 4.60. The van der Waals surface area contributed by atoms with Crippen molar-refractivity contribution >= 4 is 11.5 Å². The van der Waals surface area contributed by atoms with Gasteiger partial charge in [0.1, 0.15) is 18.2 Å². The molecule has 0 atom stereocenters. The third-order valence-electron chi connectivity index (χ3n) is 5.33. The summed E-state index contributed by atoms with van der Waals surface area (Å²) < 4.78 is 18.0. The second-order valence-corrected chi connectivity index (χ2v) is 7.36. The molecule has 0 spiro atoms. The average molecular weight is 454 g/mol. The molecule has 0 unspecified atom stereocenters. The van der Waals surface area contributed by atoms with Gasteiger partial charge in [-0.3, -0.25) is 9.20 Å². The van der Waals surface area contributed by atoms with E-state index in [2.05, 4.69) is 0 Å². The maximum Gasteiger partial charge on any atom is 0.340 e. The predicted molar refractivity (Wildman–Crippen MR) is 127 cm³/mol. The summed E-state index contributed by atoms with van der Waals surface area (Å²) in [6.45, 7) is 2.18. The first kappa shape index (κ1) is 22.6. The Morgan fingerprint density at radius 3 is 2.50 bits per heavy atom. The van der Waals surface area contributed by atoms with Crippen LogP contribution in [0.4, 0.5) is 0 Å². The molecule has 0 aliphatic rings. The van der Waals surface area contributed by atoms with Gasteiger partial charge >= 0.3 is 5.97 Å². The summed E-state index contributed by atoms with van der Waals surface area (Å²) in [6.07, 6.45) is 1.52. The van der Waals surface area contributed by atoms with E-state index in [0.29, 0.717) is 29.2 Å². The summed E-state index contributed by atoms with van der Waals surface area (Å²) in [4.78, 5) is 26.1. The molecule has 0 radical (unpaired) electrons. The fraction of sp³-hybridized carbons (Fsp3) is 0.148. The SMILES string of the molecule is CCOC(=O)c1c(-c2ccc(OCc3ccccc3)c(OC)c2)c(C#N)c(=O)n2ccccc12. The molecule has 34 heavy (non-hydrogen) atoms. The summed E-state index contributed by atoms with van der Waals surface area (Å²) in [6, 6.07) is 21.7. The molecule has 0 amide bonds. The van der Waals surface area contributed by atoms with Crippen LogP contribution in [0.2, 0.25) is 0 Å². The molecule has 7 heteroatoms. The van der Waals surface area contributed by atoms with Crippen LogP contribution in [-0.4, -0.2) is 24.1 Å². The van der Waals surface area contributed by atoms with Crippen LogP contribution in [0.5, 0.6) is 11.5 Å². The van der Waals surface area contributed by atoms with E-state index >= 15 is 0 Å². The third kappa shape index (κ3) is 4.21. The number of fused-ring (bicyclic) bond motifs is 1. The van der Waals surface area contributed by atoms with Crippen LogP contribution >= 0.6 is 0 Å². The molecule has 7 nitrogen and oxygen atoms in total. The van der Waals surface area contributed by atoms with E-state index in [9.17, 15) is 14.9 Å². The van der Waals surface area contributed by atoms with Crippen LogP contribution in [0.3, 0.4) is 0 Å². The highest BCUT2D eigenvalue weighted by Crippen LogP contribution is 2.36. The van der Waals surface area contributed by atoms with Gasteiger partial charge in [-0.15, -0.1) is 0 Å². The van der Waals surface area contributed by atoms with E-state index in [-0.39, 0.29) is 23.3 Å². The van der Waals surface area contributed by atoms with Gasteiger partial charge in [-0.25, -0.2) is 4.79 Å². The number of carbonyl (C=O) groups excluding carboxylic acids is 1. The molecule has 0 bridgehead atoms. The number of rotatable bonds is 7. The van der Waals surface area contributed by atoms with Crippen molar-refractivity contribution in [1.29, 1.82) is 5.26 Å². The summed E-state index contributed by atoms with van der Waals surface area (Å²) in [5.74, 6) is 0.269. The van der Waals surface area contributed by atoms with Gasteiger partial charge < -0.3 is 14.2 Å². The number of ether oxygens (including phenoxy) is 3. The Labute approximate surface area is 196 Å². The largest absolute Gasteiger partial charge is 0.493 e. The highest BCUT2D eigenvalue weighted by molar-refractivity contribution is 6.05. The summed E-state index contributed by atoms with van der Waals surface area (Å²) in [7, 11) is 1.50. The number of pyridine rings is 2. The Bertz CT molecular complexity index is 1450. The Kier molecular flexibility index (Phi) is 6.60. The van der Waals surface area contributed by atoms with Gasteiger partial charge in [-0.05, 0) is 42.3 Å². The minimum Gasteiger partial charge on any atom is -0.493 e. The molecule has 0 aliphatic carbocycles. The normalized spacial score (nSPS) is 10.5. The van der Waals surface area contributed by atoms with Crippen molar-refractivity contribution in [3.05, 3.63) is 100.0 Å². The number of nitrogens with zero attached hydrogens (tertiary/aromatic N) is 2. The lowest BCUT2D eigenvalue weighted by Gasteiger charge is -2.16. The van der Waals surface area contributed by atoms with Crippen molar-refractivity contribution in [2.24, 2.45) is 0 Å². The van der Waals surface area contributed by atoms with Gasteiger partial charge in [-0.1, -0.05) is 42.5 Å². The van der Waals surface area contributed by atoms with Crippen molar-refractivity contribution in [1.82, 2.24) is 4.40 Å². The highest BCUT2D eigenvalue weighted by Gasteiger charge is 2.25. The minimum atomic E-state index is -0.624. The van der Waals surface area contributed by atoms with E-state index in [0.717, 1.165) is 5.56 Å². The standard InChI is InChI=1S/C27H22N2O5/c1-3-33-27(31)25-21-11-7-8-14-29(21)26(30)20(16-28)24(25)19-12-13-22(23(15-19)32-2)34-17-18-9-5-4-6-10-18/h4-15H,3,17H2,1-2H3. The monoisotopic (exact) mass is 454 g/mol. The molecular formula is C27H22N2O5. The van der Waals surface area contributed by atoms with E-state index < -0.39 is 11.5 Å². The summed E-state index contributed by atoms with van der Waals surface area (Å²) >= 11 is 0. The van der Waals surface area contributed by atoms with Gasteiger partial charge in [0, 0.05) is 11.8 Å². The number of methoxy groups -OCH3 is 1. The van der Waals surface area contributed by atoms with E-state index in [1.165, 1.54) is 17.7 Å². The number of hydrogen-bond acceptors (Lipinski definition) is 6. The number of esters is 1. The van der Waals surface area contributed by atoms with E-state index in [4.69, 9.17) is 14.2 Å². The average Bonchev–Trinajstić information content (AvgIpc) is 2.88. The maximum atomic E-state index is 13.1.